The van der Waals surface area contributed by atoms with Gasteiger partial charge in [-0.15, -0.1) is 0 Å². The lowest BCUT2D eigenvalue weighted by Crippen LogP contribution is -1.92. The molecule has 1 heterocycles. The third-order valence-electron chi connectivity index (χ3n) is 3.05. The van der Waals surface area contributed by atoms with Gasteiger partial charge in [0, 0.05) is 26.6 Å². The number of nitrogens with zero attached hydrogens (tertiary/aromatic N) is 1. The average molecular weight is 282 g/mol. The van der Waals surface area contributed by atoms with Gasteiger partial charge in [-0.25, -0.2) is 0 Å². The molecule has 1 unspecified atom stereocenters. The van der Waals surface area contributed by atoms with E-state index in [1.54, 1.807) is 7.11 Å². The summed E-state index contributed by atoms with van der Waals surface area (Å²) in [5.74, 6) is 0. The van der Waals surface area contributed by atoms with E-state index < -0.39 is 0 Å². The normalized spacial score (nSPS) is 12.1. The second-order valence-electron chi connectivity index (χ2n) is 4.42. The molecule has 3 nitrogen and oxygen atoms in total. The van der Waals surface area contributed by atoms with E-state index in [0.29, 0.717) is 8.81 Å². The second-order valence-corrected chi connectivity index (χ2v) is 5.61. The maximum Gasteiger partial charge on any atom is 0.0927 e. The molecule has 1 atom stereocenters. The van der Waals surface area contributed by atoms with E-state index in [1.165, 1.54) is 10.9 Å². The van der Waals surface area contributed by atoms with Crippen molar-refractivity contribution < 1.29 is 4.52 Å². The van der Waals surface area contributed by atoms with Crippen molar-refractivity contribution in [2.45, 2.75) is 0 Å². The lowest BCUT2D eigenvalue weighted by atomic mass is 10.1. The highest BCUT2D eigenvalue weighted by molar-refractivity contribution is 7.41. The van der Waals surface area contributed by atoms with E-state index in [0.717, 1.165) is 16.6 Å². The average Bonchev–Trinajstić information content (AvgIpc) is 2.89. The van der Waals surface area contributed by atoms with Crippen molar-refractivity contribution in [2.75, 3.05) is 7.11 Å². The highest BCUT2D eigenvalue weighted by Crippen LogP contribution is 2.20. The first-order chi connectivity index (χ1) is 9.86. The summed E-state index contributed by atoms with van der Waals surface area (Å²) in [4.78, 5) is 0. The van der Waals surface area contributed by atoms with Gasteiger partial charge in [0.15, 0.2) is 0 Å². The molecule has 2 aromatic carbocycles. The highest BCUT2D eigenvalue weighted by atomic mass is 31.1. The van der Waals surface area contributed by atoms with Crippen LogP contribution < -0.4 is 5.30 Å². The van der Waals surface area contributed by atoms with Crippen LogP contribution in [0.15, 0.2) is 48.5 Å². The molecule has 1 N–H and O–H groups in total. The Morgan fingerprint density at radius 1 is 1.10 bits per heavy atom. The van der Waals surface area contributed by atoms with Crippen LogP contribution in [-0.2, 0) is 4.52 Å². The molecule has 0 bridgehead atoms. The van der Waals surface area contributed by atoms with Crippen molar-refractivity contribution in [1.82, 2.24) is 10.2 Å². The summed E-state index contributed by atoms with van der Waals surface area (Å²) < 4.78 is 5.20. The van der Waals surface area contributed by atoms with Gasteiger partial charge >= 0.3 is 0 Å². The quantitative estimate of drug-likeness (QED) is 0.742. The fourth-order valence-electron chi connectivity index (χ4n) is 2.08. The van der Waals surface area contributed by atoms with Gasteiger partial charge in [-0.1, -0.05) is 42.5 Å². The van der Waals surface area contributed by atoms with Crippen LogP contribution in [-0.4, -0.2) is 17.3 Å². The molecule has 1 aromatic heterocycles. The zero-order chi connectivity index (χ0) is 13.8. The Hall–Kier alpha value is -1.96. The predicted molar refractivity (Wildman–Crippen MR) is 86.4 cm³/mol. The Balaban J connectivity index is 1.95. The standard InChI is InChI=1S/C16H15N2OP/c1-19-20-13-8-10-16-14(11-13)15(17-18-16)9-7-12-5-3-2-4-6-12/h2-11,20H,1H3,(H,17,18)/b9-7+. The Kier molecular flexibility index (Phi) is 3.91. The number of rotatable bonds is 4. The minimum absolute atomic E-state index is 0.368. The van der Waals surface area contributed by atoms with Crippen molar-refractivity contribution in [3.63, 3.8) is 0 Å². The van der Waals surface area contributed by atoms with E-state index in [-0.39, 0.29) is 0 Å². The van der Waals surface area contributed by atoms with Gasteiger partial charge in [-0.05, 0) is 23.8 Å². The third-order valence-corrected chi connectivity index (χ3v) is 3.80. The van der Waals surface area contributed by atoms with Crippen LogP contribution in [0.3, 0.4) is 0 Å². The molecular formula is C16H15N2OP. The van der Waals surface area contributed by atoms with Gasteiger partial charge in [0.1, 0.15) is 0 Å². The molecule has 3 rings (SSSR count). The molecule has 100 valence electrons. The van der Waals surface area contributed by atoms with Crippen LogP contribution >= 0.6 is 8.81 Å². The molecule has 20 heavy (non-hydrogen) atoms. The second kappa shape index (κ2) is 6.00. The topological polar surface area (TPSA) is 37.9 Å². The molecule has 0 fully saturated rings. The van der Waals surface area contributed by atoms with Crippen molar-refractivity contribution in [2.24, 2.45) is 0 Å². The molecule has 0 aliphatic carbocycles. The Labute approximate surface area is 119 Å². The summed E-state index contributed by atoms with van der Waals surface area (Å²) >= 11 is 0. The number of nitrogens with one attached hydrogen (secondary N) is 1. The monoisotopic (exact) mass is 282 g/mol. The minimum atomic E-state index is 0.368. The predicted octanol–water partition coefficient (Wildman–Crippen LogP) is 3.60. The van der Waals surface area contributed by atoms with Gasteiger partial charge in [-0.3, -0.25) is 5.10 Å². The van der Waals surface area contributed by atoms with E-state index >= 15 is 0 Å². The van der Waals surface area contributed by atoms with E-state index in [9.17, 15) is 0 Å². The fraction of sp³-hybridized carbons (Fsp3) is 0.0625. The molecule has 0 aliphatic heterocycles. The zero-order valence-corrected chi connectivity index (χ0v) is 12.1. The molecular weight excluding hydrogens is 267 g/mol. The maximum absolute atomic E-state index is 5.20. The number of aromatic amines is 1. The molecule has 0 radical (unpaired) electrons. The summed E-state index contributed by atoms with van der Waals surface area (Å²) in [7, 11) is 2.08. The number of H-pyrrole nitrogens is 1. The van der Waals surface area contributed by atoms with Crippen LogP contribution in [0.25, 0.3) is 23.1 Å². The summed E-state index contributed by atoms with van der Waals surface area (Å²) in [6.07, 6.45) is 4.11. The first-order valence-electron chi connectivity index (χ1n) is 6.37. The SMILES string of the molecule is COPc1ccc2[nH]nc(/C=C/c3ccccc3)c2c1. The number of benzene rings is 2. The van der Waals surface area contributed by atoms with Gasteiger partial charge in [0.2, 0.25) is 0 Å². The number of aromatic nitrogens is 2. The summed E-state index contributed by atoms with van der Waals surface area (Å²) in [6.45, 7) is 0. The molecule has 0 saturated carbocycles. The van der Waals surface area contributed by atoms with Crippen molar-refractivity contribution >= 4 is 37.2 Å². The van der Waals surface area contributed by atoms with E-state index in [2.05, 4.69) is 40.5 Å². The lowest BCUT2D eigenvalue weighted by molar-refractivity contribution is 0.481. The molecule has 4 heteroatoms. The lowest BCUT2D eigenvalue weighted by Gasteiger charge is -1.99. The van der Waals surface area contributed by atoms with Crippen LogP contribution in [0.2, 0.25) is 0 Å². The molecule has 0 saturated heterocycles. The van der Waals surface area contributed by atoms with Gasteiger partial charge in [0.25, 0.3) is 0 Å². The van der Waals surface area contributed by atoms with Crippen LogP contribution in [0, 0.1) is 0 Å². The Morgan fingerprint density at radius 2 is 1.95 bits per heavy atom. The Bertz CT molecular complexity index is 735. The van der Waals surface area contributed by atoms with Crippen LogP contribution in [0.1, 0.15) is 11.3 Å². The van der Waals surface area contributed by atoms with Gasteiger partial charge in [0.05, 0.1) is 11.2 Å². The summed E-state index contributed by atoms with van der Waals surface area (Å²) in [5, 5.41) is 9.72. The maximum atomic E-state index is 5.20. The van der Waals surface area contributed by atoms with Gasteiger partial charge < -0.3 is 4.52 Å². The molecule has 0 spiro atoms. The smallest absolute Gasteiger partial charge is 0.0927 e. The first-order valence-corrected chi connectivity index (χ1v) is 7.28. The third kappa shape index (κ3) is 2.79. The minimum Gasteiger partial charge on any atom is -0.361 e. The zero-order valence-electron chi connectivity index (χ0n) is 11.1. The molecule has 0 aliphatic rings. The highest BCUT2D eigenvalue weighted by Gasteiger charge is 2.04. The van der Waals surface area contributed by atoms with Gasteiger partial charge in [-0.2, -0.15) is 5.10 Å². The molecule has 0 amide bonds. The fourth-order valence-corrected chi connectivity index (χ4v) is 2.67. The number of hydrogen-bond acceptors (Lipinski definition) is 2. The van der Waals surface area contributed by atoms with E-state index in [1.807, 2.05) is 30.3 Å². The van der Waals surface area contributed by atoms with Crippen molar-refractivity contribution in [3.05, 3.63) is 59.8 Å². The van der Waals surface area contributed by atoms with E-state index in [4.69, 9.17) is 4.52 Å². The Morgan fingerprint density at radius 3 is 2.75 bits per heavy atom. The van der Waals surface area contributed by atoms with Crippen LogP contribution in [0.4, 0.5) is 0 Å². The van der Waals surface area contributed by atoms with Crippen molar-refractivity contribution in [3.8, 4) is 0 Å². The molecule has 3 aromatic rings. The van der Waals surface area contributed by atoms with Crippen LogP contribution in [0.5, 0.6) is 0 Å². The van der Waals surface area contributed by atoms with Crippen molar-refractivity contribution in [1.29, 1.82) is 0 Å². The number of hydrogen-bond donors (Lipinski definition) is 1. The number of fused-ring (bicyclic) bond motifs is 1. The summed E-state index contributed by atoms with van der Waals surface area (Å²) in [6, 6.07) is 16.5. The largest absolute Gasteiger partial charge is 0.361 e. The summed E-state index contributed by atoms with van der Waals surface area (Å²) in [5.41, 5.74) is 3.16. The first kappa shape index (κ1) is 13.0.